The molecule has 1 aromatic carbocycles. The molecule has 1 rings (SSSR count). The molecule has 0 aliphatic heterocycles. The van der Waals surface area contributed by atoms with Crippen molar-refractivity contribution in [1.29, 1.82) is 0 Å². The number of rotatable bonds is 5. The summed E-state index contributed by atoms with van der Waals surface area (Å²) in [4.78, 5) is 2.08. The Morgan fingerprint density at radius 2 is 1.94 bits per heavy atom. The Morgan fingerprint density at radius 3 is 2.38 bits per heavy atom. The zero-order valence-corrected chi connectivity index (χ0v) is 11.3. The number of aliphatic hydroxyl groups excluding tert-OH is 1. The second-order valence-corrected chi connectivity index (χ2v) is 4.98. The second kappa shape index (κ2) is 6.35. The number of halogens is 1. The third-order valence-corrected chi connectivity index (χ3v) is 3.17. The first-order valence-corrected chi connectivity index (χ1v) is 6.17. The van der Waals surface area contributed by atoms with E-state index < -0.39 is 0 Å². The molecule has 0 spiro atoms. The van der Waals surface area contributed by atoms with Crippen LogP contribution < -0.4 is 5.73 Å². The molecule has 0 fully saturated rings. The smallest absolute Gasteiger partial charge is 0.0558 e. The van der Waals surface area contributed by atoms with E-state index in [1.807, 2.05) is 26.1 Å². The first-order chi connectivity index (χ1) is 7.56. The first kappa shape index (κ1) is 13.6. The van der Waals surface area contributed by atoms with Crippen molar-refractivity contribution in [2.75, 3.05) is 20.2 Å². The normalized spacial score (nSPS) is 15.1. The van der Waals surface area contributed by atoms with E-state index in [2.05, 4.69) is 33.0 Å². The van der Waals surface area contributed by atoms with E-state index in [1.54, 1.807) is 0 Å². The molecule has 2 atom stereocenters. The van der Waals surface area contributed by atoms with Crippen LogP contribution in [0.1, 0.15) is 18.5 Å². The summed E-state index contributed by atoms with van der Waals surface area (Å²) in [6.07, 6.45) is 0. The van der Waals surface area contributed by atoms with Gasteiger partial charge in [0.05, 0.1) is 6.61 Å². The highest BCUT2D eigenvalue weighted by Gasteiger charge is 2.20. The standard InChI is InChI=1S/C12H19BrN2O/c1-9(14)12(15(2)7-8-16)10-3-5-11(13)6-4-10/h3-6,9,12,16H,7-8,14H2,1-2H3. The quantitative estimate of drug-likeness (QED) is 0.867. The maximum atomic E-state index is 8.97. The summed E-state index contributed by atoms with van der Waals surface area (Å²) < 4.78 is 1.06. The number of aliphatic hydroxyl groups is 1. The second-order valence-electron chi connectivity index (χ2n) is 4.06. The molecule has 3 N–H and O–H groups in total. The fraction of sp³-hybridized carbons (Fsp3) is 0.500. The Bertz CT molecular complexity index is 313. The molecule has 0 saturated heterocycles. The van der Waals surface area contributed by atoms with Gasteiger partial charge < -0.3 is 10.8 Å². The average molecular weight is 287 g/mol. The van der Waals surface area contributed by atoms with Gasteiger partial charge in [0, 0.05) is 23.1 Å². The Labute approximate surface area is 105 Å². The van der Waals surface area contributed by atoms with E-state index in [0.717, 1.165) is 4.47 Å². The summed E-state index contributed by atoms with van der Waals surface area (Å²) in [5.74, 6) is 0. The van der Waals surface area contributed by atoms with Crippen LogP contribution in [0.15, 0.2) is 28.7 Å². The minimum Gasteiger partial charge on any atom is -0.395 e. The largest absolute Gasteiger partial charge is 0.395 e. The molecule has 0 amide bonds. The molecule has 16 heavy (non-hydrogen) atoms. The summed E-state index contributed by atoms with van der Waals surface area (Å²) in [5, 5.41) is 8.97. The van der Waals surface area contributed by atoms with Crippen LogP contribution in [0, 0.1) is 0 Å². The number of nitrogens with zero attached hydrogens (tertiary/aromatic N) is 1. The number of nitrogens with two attached hydrogens (primary N) is 1. The van der Waals surface area contributed by atoms with Crippen molar-refractivity contribution in [3.8, 4) is 0 Å². The van der Waals surface area contributed by atoms with E-state index in [1.165, 1.54) is 5.56 Å². The summed E-state index contributed by atoms with van der Waals surface area (Å²) >= 11 is 3.41. The monoisotopic (exact) mass is 286 g/mol. The molecule has 90 valence electrons. The maximum absolute atomic E-state index is 8.97. The van der Waals surface area contributed by atoms with Crippen molar-refractivity contribution in [2.24, 2.45) is 5.73 Å². The van der Waals surface area contributed by atoms with Gasteiger partial charge in [-0.05, 0) is 31.7 Å². The van der Waals surface area contributed by atoms with Crippen molar-refractivity contribution in [3.63, 3.8) is 0 Å². The first-order valence-electron chi connectivity index (χ1n) is 5.38. The SMILES string of the molecule is CC(N)C(c1ccc(Br)cc1)N(C)CCO. The molecular formula is C12H19BrN2O. The van der Waals surface area contributed by atoms with Crippen molar-refractivity contribution in [1.82, 2.24) is 4.90 Å². The average Bonchev–Trinajstić information content (AvgIpc) is 2.21. The van der Waals surface area contributed by atoms with Crippen molar-refractivity contribution < 1.29 is 5.11 Å². The number of likely N-dealkylation sites (N-methyl/N-ethyl adjacent to an activating group) is 1. The molecule has 0 aliphatic carbocycles. The molecule has 0 saturated carbocycles. The lowest BCUT2D eigenvalue weighted by atomic mass is 10.00. The Balaban J connectivity index is 2.89. The number of hydrogen-bond acceptors (Lipinski definition) is 3. The molecule has 0 aromatic heterocycles. The lowest BCUT2D eigenvalue weighted by Crippen LogP contribution is -2.38. The Morgan fingerprint density at radius 1 is 1.38 bits per heavy atom. The van der Waals surface area contributed by atoms with Crippen LogP contribution in [0.4, 0.5) is 0 Å². The summed E-state index contributed by atoms with van der Waals surface area (Å²) in [5.41, 5.74) is 7.18. The summed E-state index contributed by atoms with van der Waals surface area (Å²) in [6, 6.07) is 8.31. The summed E-state index contributed by atoms with van der Waals surface area (Å²) in [6.45, 7) is 2.76. The van der Waals surface area contributed by atoms with Crippen LogP contribution in [0.25, 0.3) is 0 Å². The van der Waals surface area contributed by atoms with Gasteiger partial charge in [0.1, 0.15) is 0 Å². The highest BCUT2D eigenvalue weighted by molar-refractivity contribution is 9.10. The zero-order chi connectivity index (χ0) is 12.1. The fourth-order valence-corrected chi connectivity index (χ4v) is 2.18. The van der Waals surface area contributed by atoms with Gasteiger partial charge in [-0.2, -0.15) is 0 Å². The van der Waals surface area contributed by atoms with E-state index in [4.69, 9.17) is 10.8 Å². The van der Waals surface area contributed by atoms with E-state index in [0.29, 0.717) is 6.54 Å². The van der Waals surface area contributed by atoms with Gasteiger partial charge in [-0.1, -0.05) is 28.1 Å². The van der Waals surface area contributed by atoms with Crippen molar-refractivity contribution >= 4 is 15.9 Å². The fourth-order valence-electron chi connectivity index (χ4n) is 1.92. The van der Waals surface area contributed by atoms with Crippen LogP contribution in [0.3, 0.4) is 0 Å². The zero-order valence-electron chi connectivity index (χ0n) is 9.73. The van der Waals surface area contributed by atoms with Gasteiger partial charge in [-0.3, -0.25) is 4.90 Å². The molecule has 4 heteroatoms. The molecule has 0 radical (unpaired) electrons. The van der Waals surface area contributed by atoms with E-state index in [-0.39, 0.29) is 18.7 Å². The molecule has 1 aromatic rings. The minimum absolute atomic E-state index is 0.0257. The van der Waals surface area contributed by atoms with E-state index >= 15 is 0 Å². The van der Waals surface area contributed by atoms with Gasteiger partial charge >= 0.3 is 0 Å². The van der Waals surface area contributed by atoms with Gasteiger partial charge in [-0.15, -0.1) is 0 Å². The van der Waals surface area contributed by atoms with E-state index in [9.17, 15) is 0 Å². The Kier molecular flexibility index (Phi) is 5.41. The molecule has 0 heterocycles. The van der Waals surface area contributed by atoms with Crippen LogP contribution in [0.5, 0.6) is 0 Å². The molecular weight excluding hydrogens is 268 g/mol. The minimum atomic E-state index is 0.0257. The topological polar surface area (TPSA) is 49.5 Å². The van der Waals surface area contributed by atoms with Gasteiger partial charge in [0.15, 0.2) is 0 Å². The number of hydrogen-bond donors (Lipinski definition) is 2. The van der Waals surface area contributed by atoms with Crippen molar-refractivity contribution in [2.45, 2.75) is 19.0 Å². The lowest BCUT2D eigenvalue weighted by molar-refractivity contribution is 0.167. The highest BCUT2D eigenvalue weighted by Crippen LogP contribution is 2.23. The number of benzene rings is 1. The van der Waals surface area contributed by atoms with Gasteiger partial charge in [0.25, 0.3) is 0 Å². The lowest BCUT2D eigenvalue weighted by Gasteiger charge is -2.31. The molecule has 0 bridgehead atoms. The molecule has 0 aliphatic rings. The predicted octanol–water partition coefficient (Wildman–Crippen LogP) is 1.76. The van der Waals surface area contributed by atoms with Crippen molar-refractivity contribution in [3.05, 3.63) is 34.3 Å². The third-order valence-electron chi connectivity index (χ3n) is 2.64. The van der Waals surface area contributed by atoms with Crippen LogP contribution in [-0.4, -0.2) is 36.2 Å². The van der Waals surface area contributed by atoms with Gasteiger partial charge in [-0.25, -0.2) is 0 Å². The van der Waals surface area contributed by atoms with Crippen LogP contribution >= 0.6 is 15.9 Å². The molecule has 2 unspecified atom stereocenters. The van der Waals surface area contributed by atoms with Gasteiger partial charge in [0.2, 0.25) is 0 Å². The van der Waals surface area contributed by atoms with Crippen LogP contribution in [0.2, 0.25) is 0 Å². The predicted molar refractivity (Wildman–Crippen MR) is 70.2 cm³/mol. The highest BCUT2D eigenvalue weighted by atomic mass is 79.9. The molecule has 3 nitrogen and oxygen atoms in total. The summed E-state index contributed by atoms with van der Waals surface area (Å²) in [7, 11) is 1.98. The third kappa shape index (κ3) is 3.56. The van der Waals surface area contributed by atoms with Crippen LogP contribution in [-0.2, 0) is 0 Å². The maximum Gasteiger partial charge on any atom is 0.0558 e. The Hall–Kier alpha value is -0.420.